The third kappa shape index (κ3) is 5.37. The zero-order chi connectivity index (χ0) is 17.7. The Morgan fingerprint density at radius 1 is 1.12 bits per heavy atom. The quantitative estimate of drug-likeness (QED) is 0.798. The molecule has 0 saturated heterocycles. The lowest BCUT2D eigenvalue weighted by Crippen LogP contribution is -2.46. The van der Waals surface area contributed by atoms with Gasteiger partial charge in [-0.2, -0.15) is 0 Å². The Morgan fingerprint density at radius 3 is 2.29 bits per heavy atom. The molecule has 0 heterocycles. The van der Waals surface area contributed by atoms with Gasteiger partial charge in [0, 0.05) is 17.6 Å². The van der Waals surface area contributed by atoms with Crippen LogP contribution < -0.4 is 10.6 Å². The van der Waals surface area contributed by atoms with E-state index in [1.54, 1.807) is 4.90 Å². The topological polar surface area (TPSA) is 78.5 Å². The van der Waals surface area contributed by atoms with Crippen LogP contribution in [0.25, 0.3) is 0 Å². The molecule has 1 fully saturated rings. The van der Waals surface area contributed by atoms with E-state index in [2.05, 4.69) is 10.6 Å². The molecule has 6 heteroatoms. The van der Waals surface area contributed by atoms with Gasteiger partial charge in [-0.3, -0.25) is 14.4 Å². The van der Waals surface area contributed by atoms with Crippen molar-refractivity contribution in [1.29, 1.82) is 0 Å². The van der Waals surface area contributed by atoms with Crippen LogP contribution in [0.15, 0.2) is 24.3 Å². The third-order valence-electron chi connectivity index (χ3n) is 3.93. The van der Waals surface area contributed by atoms with E-state index in [0.717, 1.165) is 18.4 Å². The molecule has 0 spiro atoms. The number of carbonyl (C=O) groups is 3. The first-order valence-electron chi connectivity index (χ1n) is 8.30. The molecule has 130 valence electrons. The van der Waals surface area contributed by atoms with Crippen molar-refractivity contribution in [1.82, 2.24) is 10.2 Å². The van der Waals surface area contributed by atoms with Crippen LogP contribution in [0.4, 0.5) is 5.69 Å². The van der Waals surface area contributed by atoms with E-state index in [9.17, 15) is 14.4 Å². The van der Waals surface area contributed by atoms with Crippen molar-refractivity contribution < 1.29 is 14.4 Å². The Hall–Kier alpha value is -2.37. The standard InChI is InChI=1S/C18H25N3O3/c1-12(2)21(18(24)14-6-7-14)11-17(23)19-10-16(22)20-15-8-4-13(3)5-9-15/h4-5,8-9,12,14H,6-7,10-11H2,1-3H3,(H,19,23)(H,20,22). The predicted octanol–water partition coefficient (Wildman–Crippen LogP) is 1.70. The first kappa shape index (κ1) is 18.0. The molecule has 0 bridgehead atoms. The number of nitrogens with zero attached hydrogens (tertiary/aromatic N) is 1. The van der Waals surface area contributed by atoms with Crippen LogP contribution in [-0.4, -0.2) is 41.8 Å². The molecule has 1 aromatic carbocycles. The van der Waals surface area contributed by atoms with E-state index in [4.69, 9.17) is 0 Å². The summed E-state index contributed by atoms with van der Waals surface area (Å²) in [6, 6.07) is 7.38. The van der Waals surface area contributed by atoms with Crippen LogP contribution in [-0.2, 0) is 14.4 Å². The van der Waals surface area contributed by atoms with Crippen molar-refractivity contribution in [3.05, 3.63) is 29.8 Å². The molecule has 0 aromatic heterocycles. The molecule has 0 atom stereocenters. The summed E-state index contributed by atoms with van der Waals surface area (Å²) in [7, 11) is 0. The summed E-state index contributed by atoms with van der Waals surface area (Å²) in [5.41, 5.74) is 1.79. The van der Waals surface area contributed by atoms with Crippen molar-refractivity contribution in [3.8, 4) is 0 Å². The molecule has 6 nitrogen and oxygen atoms in total. The predicted molar refractivity (Wildman–Crippen MR) is 92.4 cm³/mol. The van der Waals surface area contributed by atoms with E-state index in [-0.39, 0.29) is 42.8 Å². The number of hydrogen-bond acceptors (Lipinski definition) is 3. The molecule has 1 aliphatic rings. The van der Waals surface area contributed by atoms with Gasteiger partial charge in [-0.1, -0.05) is 17.7 Å². The number of nitrogens with one attached hydrogen (secondary N) is 2. The molecule has 2 rings (SSSR count). The van der Waals surface area contributed by atoms with Gasteiger partial charge in [0.15, 0.2) is 0 Å². The Balaban J connectivity index is 1.77. The smallest absolute Gasteiger partial charge is 0.243 e. The van der Waals surface area contributed by atoms with E-state index >= 15 is 0 Å². The fraction of sp³-hybridized carbons (Fsp3) is 0.500. The summed E-state index contributed by atoms with van der Waals surface area (Å²) in [6.45, 7) is 5.62. The number of aryl methyl sites for hydroxylation is 1. The van der Waals surface area contributed by atoms with Gasteiger partial charge in [0.05, 0.1) is 13.1 Å². The van der Waals surface area contributed by atoms with Crippen molar-refractivity contribution in [2.75, 3.05) is 18.4 Å². The highest BCUT2D eigenvalue weighted by molar-refractivity contribution is 5.95. The highest BCUT2D eigenvalue weighted by Gasteiger charge is 2.35. The first-order valence-corrected chi connectivity index (χ1v) is 8.30. The molecule has 1 aliphatic carbocycles. The summed E-state index contributed by atoms with van der Waals surface area (Å²) < 4.78 is 0. The fourth-order valence-corrected chi connectivity index (χ4v) is 2.31. The number of rotatable bonds is 7. The Labute approximate surface area is 142 Å². The minimum atomic E-state index is -0.322. The van der Waals surface area contributed by atoms with Crippen LogP contribution >= 0.6 is 0 Å². The highest BCUT2D eigenvalue weighted by Crippen LogP contribution is 2.31. The van der Waals surface area contributed by atoms with Gasteiger partial charge in [0.1, 0.15) is 0 Å². The lowest BCUT2D eigenvalue weighted by Gasteiger charge is -2.26. The van der Waals surface area contributed by atoms with Gasteiger partial charge in [-0.05, 0) is 45.7 Å². The summed E-state index contributed by atoms with van der Waals surface area (Å²) in [5, 5.41) is 5.29. The Morgan fingerprint density at radius 2 is 1.75 bits per heavy atom. The van der Waals surface area contributed by atoms with Crippen LogP contribution in [0.2, 0.25) is 0 Å². The van der Waals surface area contributed by atoms with E-state index < -0.39 is 0 Å². The van der Waals surface area contributed by atoms with Crippen LogP contribution in [0.5, 0.6) is 0 Å². The fourth-order valence-electron chi connectivity index (χ4n) is 2.31. The number of carbonyl (C=O) groups excluding carboxylic acids is 3. The minimum absolute atomic E-state index is 0.00912. The normalized spacial score (nSPS) is 13.5. The molecule has 0 radical (unpaired) electrons. The first-order chi connectivity index (χ1) is 11.4. The van der Waals surface area contributed by atoms with Gasteiger partial charge >= 0.3 is 0 Å². The maximum absolute atomic E-state index is 12.2. The van der Waals surface area contributed by atoms with E-state index in [0.29, 0.717) is 5.69 Å². The van der Waals surface area contributed by atoms with Gasteiger partial charge < -0.3 is 15.5 Å². The Kier molecular flexibility index (Phi) is 5.95. The average molecular weight is 331 g/mol. The van der Waals surface area contributed by atoms with Crippen LogP contribution in [0, 0.1) is 12.8 Å². The molecular weight excluding hydrogens is 306 g/mol. The number of anilines is 1. The second kappa shape index (κ2) is 7.95. The monoisotopic (exact) mass is 331 g/mol. The molecule has 1 saturated carbocycles. The van der Waals surface area contributed by atoms with Gasteiger partial charge in [0.2, 0.25) is 17.7 Å². The lowest BCUT2D eigenvalue weighted by molar-refractivity contribution is -0.138. The summed E-state index contributed by atoms with van der Waals surface area (Å²) in [5.74, 6) is -0.511. The average Bonchev–Trinajstić information content (AvgIpc) is 3.37. The summed E-state index contributed by atoms with van der Waals surface area (Å²) >= 11 is 0. The SMILES string of the molecule is Cc1ccc(NC(=O)CNC(=O)CN(C(=O)C2CC2)C(C)C)cc1. The maximum atomic E-state index is 12.2. The zero-order valence-corrected chi connectivity index (χ0v) is 14.5. The van der Waals surface area contributed by atoms with E-state index in [1.807, 2.05) is 45.0 Å². The molecule has 1 aromatic rings. The van der Waals surface area contributed by atoms with E-state index in [1.165, 1.54) is 0 Å². The molecule has 24 heavy (non-hydrogen) atoms. The largest absolute Gasteiger partial charge is 0.345 e. The molecule has 3 amide bonds. The zero-order valence-electron chi connectivity index (χ0n) is 14.5. The van der Waals surface area contributed by atoms with Crippen LogP contribution in [0.3, 0.4) is 0 Å². The molecule has 0 aliphatic heterocycles. The van der Waals surface area contributed by atoms with Crippen molar-refractivity contribution in [3.63, 3.8) is 0 Å². The van der Waals surface area contributed by atoms with Gasteiger partial charge in [0.25, 0.3) is 0 Å². The van der Waals surface area contributed by atoms with Crippen LogP contribution in [0.1, 0.15) is 32.3 Å². The van der Waals surface area contributed by atoms with Gasteiger partial charge in [-0.25, -0.2) is 0 Å². The molecule has 2 N–H and O–H groups in total. The Bertz CT molecular complexity index is 606. The van der Waals surface area contributed by atoms with Crippen molar-refractivity contribution in [2.24, 2.45) is 5.92 Å². The molecular formula is C18H25N3O3. The molecule has 0 unspecified atom stereocenters. The summed E-state index contributed by atoms with van der Waals surface area (Å²) in [6.07, 6.45) is 1.81. The third-order valence-corrected chi connectivity index (χ3v) is 3.93. The second-order valence-electron chi connectivity index (χ2n) is 6.53. The number of hydrogen-bond donors (Lipinski definition) is 2. The number of benzene rings is 1. The number of amides is 3. The highest BCUT2D eigenvalue weighted by atomic mass is 16.2. The van der Waals surface area contributed by atoms with Gasteiger partial charge in [-0.15, -0.1) is 0 Å². The minimum Gasteiger partial charge on any atom is -0.345 e. The van der Waals surface area contributed by atoms with Crippen molar-refractivity contribution in [2.45, 2.75) is 39.7 Å². The maximum Gasteiger partial charge on any atom is 0.243 e. The second-order valence-corrected chi connectivity index (χ2v) is 6.53. The lowest BCUT2D eigenvalue weighted by atomic mass is 10.2. The summed E-state index contributed by atoms with van der Waals surface area (Å²) in [4.78, 5) is 37.6. The van der Waals surface area contributed by atoms with Crippen molar-refractivity contribution >= 4 is 23.4 Å².